The number of unbranched alkanes of at least 4 members (excludes halogenated alkanes) is 9. The van der Waals surface area contributed by atoms with Crippen LogP contribution in [0.2, 0.25) is 0 Å². The molecular weight excluding hydrogens is 342 g/mol. The third-order valence-corrected chi connectivity index (χ3v) is 4.64. The van der Waals surface area contributed by atoms with E-state index < -0.39 is 11.9 Å². The molecule has 0 fully saturated rings. The number of rotatable bonds is 18. The number of likely N-dealkylation sites (N-methyl/N-ethyl adjacent to an activating group) is 1. The van der Waals surface area contributed by atoms with Gasteiger partial charge in [0.25, 0.3) is 0 Å². The average Bonchev–Trinajstić information content (AvgIpc) is 2.67. The number of ether oxygens (including phenoxy) is 2. The number of carbonyl (C=O) groups excluding carboxylic acids is 2. The molecule has 0 aromatic heterocycles. The zero-order valence-electron chi connectivity index (χ0n) is 17.8. The van der Waals surface area contributed by atoms with Gasteiger partial charge in [-0.1, -0.05) is 78.6 Å². The summed E-state index contributed by atoms with van der Waals surface area (Å²) in [5.74, 6) is -0.982. The van der Waals surface area contributed by atoms with Crippen LogP contribution in [0.1, 0.15) is 85.0 Å². The third kappa shape index (κ3) is 17.8. The van der Waals surface area contributed by atoms with Crippen molar-refractivity contribution in [3.8, 4) is 0 Å². The minimum absolute atomic E-state index is 0.332. The van der Waals surface area contributed by atoms with Crippen molar-refractivity contribution in [2.24, 2.45) is 0 Å². The van der Waals surface area contributed by atoms with Crippen molar-refractivity contribution in [1.82, 2.24) is 4.90 Å². The molecule has 0 aliphatic rings. The first-order chi connectivity index (χ1) is 13.1. The summed E-state index contributed by atoms with van der Waals surface area (Å²) in [6, 6.07) is 0. The van der Waals surface area contributed by atoms with Gasteiger partial charge in [0.1, 0.15) is 6.61 Å². The van der Waals surface area contributed by atoms with Crippen molar-refractivity contribution in [2.75, 3.05) is 32.8 Å². The van der Waals surface area contributed by atoms with Crippen LogP contribution in [-0.4, -0.2) is 49.7 Å². The van der Waals surface area contributed by atoms with Crippen LogP contribution < -0.4 is 0 Å². The molecule has 0 saturated carbocycles. The Hall–Kier alpha value is -1.36. The first-order valence-corrected chi connectivity index (χ1v) is 10.9. The van der Waals surface area contributed by atoms with Crippen LogP contribution >= 0.6 is 0 Å². The van der Waals surface area contributed by atoms with E-state index in [1.54, 1.807) is 0 Å². The molecule has 0 N–H and O–H groups in total. The first kappa shape index (κ1) is 25.6. The van der Waals surface area contributed by atoms with Gasteiger partial charge < -0.3 is 14.4 Å². The SMILES string of the molecule is CCCCCCCCCCCCOC(=O)/C=C/C(=O)OCCN(CC)CC. The van der Waals surface area contributed by atoms with Gasteiger partial charge in [0.2, 0.25) is 0 Å². The summed E-state index contributed by atoms with van der Waals surface area (Å²) in [7, 11) is 0. The Labute approximate surface area is 166 Å². The first-order valence-electron chi connectivity index (χ1n) is 10.9. The van der Waals surface area contributed by atoms with E-state index in [2.05, 4.69) is 25.7 Å². The van der Waals surface area contributed by atoms with E-state index in [0.29, 0.717) is 19.8 Å². The van der Waals surface area contributed by atoms with Gasteiger partial charge in [-0.05, 0) is 19.5 Å². The molecule has 0 aliphatic heterocycles. The largest absolute Gasteiger partial charge is 0.463 e. The quantitative estimate of drug-likeness (QED) is 0.192. The molecule has 158 valence electrons. The van der Waals surface area contributed by atoms with Gasteiger partial charge in [-0.3, -0.25) is 0 Å². The van der Waals surface area contributed by atoms with Gasteiger partial charge in [-0.15, -0.1) is 0 Å². The van der Waals surface area contributed by atoms with E-state index in [-0.39, 0.29) is 0 Å². The standard InChI is InChI=1S/C22H41NO4/c1-4-7-8-9-10-11-12-13-14-15-19-26-21(24)16-17-22(25)27-20-18-23(5-2)6-3/h16-17H,4-15,18-20H2,1-3H3/b17-16+. The van der Waals surface area contributed by atoms with Gasteiger partial charge >= 0.3 is 11.9 Å². The highest BCUT2D eigenvalue weighted by Gasteiger charge is 2.03. The number of esters is 2. The number of hydrogen-bond acceptors (Lipinski definition) is 5. The summed E-state index contributed by atoms with van der Waals surface area (Å²) in [5.41, 5.74) is 0. The van der Waals surface area contributed by atoms with Crippen molar-refractivity contribution < 1.29 is 19.1 Å². The monoisotopic (exact) mass is 383 g/mol. The van der Waals surface area contributed by atoms with Crippen molar-refractivity contribution in [2.45, 2.75) is 85.0 Å². The highest BCUT2D eigenvalue weighted by Crippen LogP contribution is 2.10. The Bertz CT molecular complexity index is 392. The fraction of sp³-hybridized carbons (Fsp3) is 0.818. The van der Waals surface area contributed by atoms with Gasteiger partial charge in [-0.25, -0.2) is 9.59 Å². The van der Waals surface area contributed by atoms with Crippen molar-refractivity contribution >= 4 is 11.9 Å². The van der Waals surface area contributed by atoms with Crippen molar-refractivity contribution in [3.63, 3.8) is 0 Å². The number of carbonyl (C=O) groups is 2. The Balaban J connectivity index is 3.51. The predicted molar refractivity (Wildman–Crippen MR) is 111 cm³/mol. The van der Waals surface area contributed by atoms with Crippen LogP contribution in [0.5, 0.6) is 0 Å². The summed E-state index contributed by atoms with van der Waals surface area (Å²) < 4.78 is 10.2. The minimum atomic E-state index is -0.502. The zero-order chi connectivity index (χ0) is 20.2. The smallest absolute Gasteiger partial charge is 0.331 e. The molecule has 5 nitrogen and oxygen atoms in total. The molecule has 0 aromatic rings. The molecule has 27 heavy (non-hydrogen) atoms. The van der Waals surface area contributed by atoms with Crippen LogP contribution in [0, 0.1) is 0 Å². The normalized spacial score (nSPS) is 11.3. The summed E-state index contributed by atoms with van der Waals surface area (Å²) in [4.78, 5) is 25.3. The summed E-state index contributed by atoms with van der Waals surface area (Å²) in [6.07, 6.45) is 14.7. The van der Waals surface area contributed by atoms with Crippen LogP contribution in [0.15, 0.2) is 12.2 Å². The molecule has 0 spiro atoms. The summed E-state index contributed by atoms with van der Waals surface area (Å²) >= 11 is 0. The fourth-order valence-electron chi connectivity index (χ4n) is 2.81. The lowest BCUT2D eigenvalue weighted by atomic mass is 10.1. The topological polar surface area (TPSA) is 55.8 Å². The second-order valence-electron chi connectivity index (χ2n) is 6.88. The summed E-state index contributed by atoms with van der Waals surface area (Å²) in [5, 5.41) is 0. The third-order valence-electron chi connectivity index (χ3n) is 4.64. The van der Waals surface area contributed by atoms with Gasteiger partial charge in [-0.2, -0.15) is 0 Å². The molecule has 0 rings (SSSR count). The van der Waals surface area contributed by atoms with E-state index >= 15 is 0 Å². The average molecular weight is 384 g/mol. The Morgan fingerprint density at radius 3 is 1.59 bits per heavy atom. The molecule has 0 atom stereocenters. The highest BCUT2D eigenvalue weighted by atomic mass is 16.5. The van der Waals surface area contributed by atoms with E-state index in [9.17, 15) is 9.59 Å². The molecule has 5 heteroatoms. The molecule has 0 amide bonds. The second kappa shape index (κ2) is 19.4. The van der Waals surface area contributed by atoms with Gasteiger partial charge in [0.15, 0.2) is 0 Å². The Morgan fingerprint density at radius 1 is 0.667 bits per heavy atom. The van der Waals surface area contributed by atoms with Crippen molar-refractivity contribution in [1.29, 1.82) is 0 Å². The van der Waals surface area contributed by atoms with E-state index in [0.717, 1.165) is 38.1 Å². The molecule has 0 heterocycles. The molecular formula is C22H41NO4. The molecule has 0 aromatic carbocycles. The zero-order valence-corrected chi connectivity index (χ0v) is 17.8. The second-order valence-corrected chi connectivity index (χ2v) is 6.88. The van der Waals surface area contributed by atoms with E-state index in [4.69, 9.17) is 9.47 Å². The number of nitrogens with zero attached hydrogens (tertiary/aromatic N) is 1. The van der Waals surface area contributed by atoms with E-state index in [1.165, 1.54) is 51.4 Å². The summed E-state index contributed by atoms with van der Waals surface area (Å²) in [6.45, 7) is 9.67. The maximum Gasteiger partial charge on any atom is 0.331 e. The van der Waals surface area contributed by atoms with Crippen LogP contribution in [-0.2, 0) is 19.1 Å². The lowest BCUT2D eigenvalue weighted by Crippen LogP contribution is -2.27. The molecule has 0 saturated heterocycles. The molecule has 0 radical (unpaired) electrons. The lowest BCUT2D eigenvalue weighted by Gasteiger charge is -2.16. The minimum Gasteiger partial charge on any atom is -0.463 e. The van der Waals surface area contributed by atoms with E-state index in [1.807, 2.05) is 0 Å². The Kier molecular flexibility index (Phi) is 18.4. The molecule has 0 unspecified atom stereocenters. The maximum absolute atomic E-state index is 11.6. The van der Waals surface area contributed by atoms with Crippen molar-refractivity contribution in [3.05, 3.63) is 12.2 Å². The molecule has 0 bridgehead atoms. The van der Waals surface area contributed by atoms with Crippen LogP contribution in [0.4, 0.5) is 0 Å². The molecule has 0 aliphatic carbocycles. The highest BCUT2D eigenvalue weighted by molar-refractivity contribution is 5.91. The van der Waals surface area contributed by atoms with Gasteiger partial charge in [0, 0.05) is 18.7 Å². The van der Waals surface area contributed by atoms with Crippen LogP contribution in [0.3, 0.4) is 0 Å². The maximum atomic E-state index is 11.6. The predicted octanol–water partition coefficient (Wildman–Crippen LogP) is 4.89. The number of hydrogen-bond donors (Lipinski definition) is 0. The Morgan fingerprint density at radius 2 is 1.11 bits per heavy atom. The van der Waals surface area contributed by atoms with Gasteiger partial charge in [0.05, 0.1) is 6.61 Å². The van der Waals surface area contributed by atoms with Crippen LogP contribution in [0.25, 0.3) is 0 Å². The lowest BCUT2D eigenvalue weighted by molar-refractivity contribution is -0.140. The fourth-order valence-corrected chi connectivity index (χ4v) is 2.81.